The molecule has 1 rings (SSSR count). The van der Waals surface area contributed by atoms with E-state index in [0.29, 0.717) is 24.3 Å². The van der Waals surface area contributed by atoms with Gasteiger partial charge in [0.25, 0.3) is 0 Å². The van der Waals surface area contributed by atoms with E-state index in [4.69, 9.17) is 10.8 Å². The van der Waals surface area contributed by atoms with Gasteiger partial charge in [-0.15, -0.1) is 0 Å². The first-order valence-corrected chi connectivity index (χ1v) is 4.09. The fourth-order valence-corrected chi connectivity index (χ4v) is 1.03. The molecule has 4 N–H and O–H groups in total. The molecule has 0 saturated heterocycles. The number of hydrogen-bond acceptors (Lipinski definition) is 3. The van der Waals surface area contributed by atoms with Gasteiger partial charge < -0.3 is 16.2 Å². The number of halogens is 1. The van der Waals surface area contributed by atoms with Crippen LogP contribution in [0.25, 0.3) is 0 Å². The first-order valence-electron chi connectivity index (χ1n) is 4.09. The van der Waals surface area contributed by atoms with Crippen LogP contribution in [0.3, 0.4) is 0 Å². The van der Waals surface area contributed by atoms with E-state index in [1.807, 2.05) is 0 Å². The van der Waals surface area contributed by atoms with E-state index < -0.39 is 0 Å². The Morgan fingerprint density at radius 2 is 2.23 bits per heavy atom. The number of aliphatic hydroxyl groups excluding tert-OH is 1. The van der Waals surface area contributed by atoms with Crippen molar-refractivity contribution >= 4 is 5.69 Å². The molecule has 1 aromatic carbocycles. The third kappa shape index (κ3) is 3.01. The number of anilines is 1. The number of rotatable bonds is 4. The van der Waals surface area contributed by atoms with Crippen LogP contribution in [0.4, 0.5) is 10.1 Å². The van der Waals surface area contributed by atoms with E-state index in [1.54, 1.807) is 6.07 Å². The van der Waals surface area contributed by atoms with Crippen molar-refractivity contribution in [3.8, 4) is 0 Å². The molecule has 0 spiro atoms. The first-order chi connectivity index (χ1) is 6.24. The van der Waals surface area contributed by atoms with Crippen molar-refractivity contribution in [1.29, 1.82) is 0 Å². The van der Waals surface area contributed by atoms with Crippen molar-refractivity contribution in [2.75, 3.05) is 18.9 Å². The van der Waals surface area contributed by atoms with E-state index in [9.17, 15) is 4.39 Å². The molecule has 0 aliphatic heterocycles. The molecule has 0 unspecified atom stereocenters. The zero-order valence-electron chi connectivity index (χ0n) is 7.26. The van der Waals surface area contributed by atoms with Crippen LogP contribution in [0.1, 0.15) is 5.56 Å². The van der Waals surface area contributed by atoms with E-state index in [2.05, 4.69) is 5.32 Å². The lowest BCUT2D eigenvalue weighted by Gasteiger charge is -2.05. The van der Waals surface area contributed by atoms with Gasteiger partial charge in [-0.3, -0.25) is 0 Å². The molecule has 4 heteroatoms. The lowest BCUT2D eigenvalue weighted by Crippen LogP contribution is -2.18. The van der Waals surface area contributed by atoms with E-state index in [1.165, 1.54) is 12.1 Å². The fourth-order valence-electron chi connectivity index (χ4n) is 1.03. The highest BCUT2D eigenvalue weighted by atomic mass is 19.1. The van der Waals surface area contributed by atoms with Gasteiger partial charge in [-0.05, 0) is 18.2 Å². The molecule has 1 aromatic rings. The van der Waals surface area contributed by atoms with Gasteiger partial charge in [-0.2, -0.15) is 0 Å². The number of nitrogens with two attached hydrogens (primary N) is 1. The summed E-state index contributed by atoms with van der Waals surface area (Å²) in [6, 6.07) is 4.44. The summed E-state index contributed by atoms with van der Waals surface area (Å²) < 4.78 is 13.0. The van der Waals surface area contributed by atoms with Crippen LogP contribution in [-0.2, 0) is 6.54 Å². The Morgan fingerprint density at radius 1 is 1.46 bits per heavy atom. The number of nitrogens with one attached hydrogen (secondary N) is 1. The highest BCUT2D eigenvalue weighted by Gasteiger charge is 2.00. The maximum absolute atomic E-state index is 13.0. The molecule has 0 bridgehead atoms. The normalized spacial score (nSPS) is 10.3. The topological polar surface area (TPSA) is 58.3 Å². The van der Waals surface area contributed by atoms with Crippen molar-refractivity contribution < 1.29 is 9.50 Å². The molecule has 0 aliphatic carbocycles. The molecular formula is C9H13FN2O. The Morgan fingerprint density at radius 3 is 2.92 bits per heavy atom. The Labute approximate surface area is 76.4 Å². The van der Waals surface area contributed by atoms with E-state index in [-0.39, 0.29) is 12.4 Å². The molecule has 0 aromatic heterocycles. The zero-order valence-corrected chi connectivity index (χ0v) is 7.26. The van der Waals surface area contributed by atoms with Gasteiger partial charge in [-0.1, -0.05) is 0 Å². The average Bonchev–Trinajstić information content (AvgIpc) is 2.11. The minimum Gasteiger partial charge on any atom is -0.399 e. The van der Waals surface area contributed by atoms with Crippen molar-refractivity contribution in [2.24, 2.45) is 0 Å². The van der Waals surface area contributed by atoms with Gasteiger partial charge in [0.05, 0.1) is 6.61 Å². The van der Waals surface area contributed by atoms with Crippen molar-refractivity contribution in [2.45, 2.75) is 6.54 Å². The molecule has 13 heavy (non-hydrogen) atoms. The maximum atomic E-state index is 13.0. The molecule has 0 aliphatic rings. The van der Waals surface area contributed by atoms with Gasteiger partial charge in [0.1, 0.15) is 5.82 Å². The summed E-state index contributed by atoms with van der Waals surface area (Å²) in [5.41, 5.74) is 6.55. The Bertz CT molecular complexity index is 278. The average molecular weight is 184 g/mol. The quantitative estimate of drug-likeness (QED) is 0.471. The van der Waals surface area contributed by atoms with Crippen LogP contribution >= 0.6 is 0 Å². The third-order valence-corrected chi connectivity index (χ3v) is 1.67. The number of benzene rings is 1. The van der Waals surface area contributed by atoms with Crippen LogP contribution < -0.4 is 11.1 Å². The lowest BCUT2D eigenvalue weighted by atomic mass is 10.2. The van der Waals surface area contributed by atoms with Crippen LogP contribution in [0.15, 0.2) is 18.2 Å². The smallest absolute Gasteiger partial charge is 0.127 e. The van der Waals surface area contributed by atoms with E-state index >= 15 is 0 Å². The Kier molecular flexibility index (Phi) is 3.67. The van der Waals surface area contributed by atoms with Gasteiger partial charge >= 0.3 is 0 Å². The molecule has 3 nitrogen and oxygen atoms in total. The highest BCUT2D eigenvalue weighted by molar-refractivity contribution is 5.41. The van der Waals surface area contributed by atoms with Crippen molar-refractivity contribution in [3.05, 3.63) is 29.6 Å². The van der Waals surface area contributed by atoms with Crippen LogP contribution in [-0.4, -0.2) is 18.3 Å². The van der Waals surface area contributed by atoms with E-state index in [0.717, 1.165) is 0 Å². The predicted octanol–water partition coefficient (Wildman–Crippen LogP) is 0.490. The number of hydrogen-bond donors (Lipinski definition) is 3. The van der Waals surface area contributed by atoms with Crippen molar-refractivity contribution in [1.82, 2.24) is 5.32 Å². The monoisotopic (exact) mass is 184 g/mol. The van der Waals surface area contributed by atoms with Gasteiger partial charge in [0, 0.05) is 24.3 Å². The second-order valence-corrected chi connectivity index (χ2v) is 2.75. The summed E-state index contributed by atoms with van der Waals surface area (Å²) in [6.07, 6.45) is 0. The summed E-state index contributed by atoms with van der Waals surface area (Å²) >= 11 is 0. The van der Waals surface area contributed by atoms with Crippen LogP contribution in [0, 0.1) is 5.82 Å². The molecule has 0 radical (unpaired) electrons. The maximum Gasteiger partial charge on any atom is 0.127 e. The second kappa shape index (κ2) is 4.79. The number of aliphatic hydroxyl groups is 1. The standard InChI is InChI=1S/C9H13FN2O/c10-9-2-1-8(11)5-7(9)6-12-3-4-13/h1-2,5,12-13H,3-4,6,11H2. The van der Waals surface area contributed by atoms with Gasteiger partial charge in [0.15, 0.2) is 0 Å². The summed E-state index contributed by atoms with van der Waals surface area (Å²) in [6.45, 7) is 0.885. The zero-order chi connectivity index (χ0) is 9.68. The second-order valence-electron chi connectivity index (χ2n) is 2.75. The molecule has 0 amide bonds. The fraction of sp³-hybridized carbons (Fsp3) is 0.333. The molecular weight excluding hydrogens is 171 g/mol. The summed E-state index contributed by atoms with van der Waals surface area (Å²) in [7, 11) is 0. The molecule has 0 saturated carbocycles. The summed E-state index contributed by atoms with van der Waals surface area (Å²) in [5.74, 6) is -0.278. The third-order valence-electron chi connectivity index (χ3n) is 1.67. The molecule has 0 heterocycles. The first kappa shape index (κ1) is 9.95. The van der Waals surface area contributed by atoms with Crippen LogP contribution in [0.5, 0.6) is 0 Å². The molecule has 72 valence electrons. The summed E-state index contributed by atoms with van der Waals surface area (Å²) in [4.78, 5) is 0. The highest BCUT2D eigenvalue weighted by Crippen LogP contribution is 2.11. The Hall–Kier alpha value is -1.13. The van der Waals surface area contributed by atoms with Crippen LogP contribution in [0.2, 0.25) is 0 Å². The Balaban J connectivity index is 2.59. The minimum atomic E-state index is -0.278. The molecule has 0 atom stereocenters. The van der Waals surface area contributed by atoms with Crippen molar-refractivity contribution in [3.63, 3.8) is 0 Å². The number of nitrogen functional groups attached to an aromatic ring is 1. The van der Waals surface area contributed by atoms with Gasteiger partial charge in [-0.25, -0.2) is 4.39 Å². The molecule has 0 fully saturated rings. The summed E-state index contributed by atoms with van der Waals surface area (Å²) in [5, 5.41) is 11.4. The largest absolute Gasteiger partial charge is 0.399 e. The SMILES string of the molecule is Nc1ccc(F)c(CNCCO)c1. The minimum absolute atomic E-state index is 0.0456. The predicted molar refractivity (Wildman–Crippen MR) is 49.6 cm³/mol. The van der Waals surface area contributed by atoms with Gasteiger partial charge in [0.2, 0.25) is 0 Å². The lowest BCUT2D eigenvalue weighted by molar-refractivity contribution is 0.291.